The Morgan fingerprint density at radius 3 is 2.72 bits per heavy atom. The first kappa shape index (κ1) is 13.6. The first-order valence-electron chi connectivity index (χ1n) is 6.44. The van der Waals surface area contributed by atoms with Crippen LogP contribution in [0.2, 0.25) is 0 Å². The van der Waals surface area contributed by atoms with E-state index in [-0.39, 0.29) is 5.97 Å². The molecule has 2 rings (SSSR count). The summed E-state index contributed by atoms with van der Waals surface area (Å²) in [7, 11) is 1.45. The van der Waals surface area contributed by atoms with Crippen molar-refractivity contribution in [3.05, 3.63) is 20.9 Å². The van der Waals surface area contributed by atoms with E-state index in [2.05, 4.69) is 26.1 Å². The summed E-state index contributed by atoms with van der Waals surface area (Å²) in [6, 6.07) is 1.01. The highest BCUT2D eigenvalue weighted by Crippen LogP contribution is 2.32. The summed E-state index contributed by atoms with van der Waals surface area (Å²) < 4.78 is 4.76. The number of carbonyl (C=O) groups is 1. The van der Waals surface area contributed by atoms with Crippen molar-refractivity contribution in [3.8, 4) is 0 Å². The van der Waals surface area contributed by atoms with Gasteiger partial charge in [-0.2, -0.15) is 0 Å². The van der Waals surface area contributed by atoms with Gasteiger partial charge in [0.2, 0.25) is 0 Å². The van der Waals surface area contributed by atoms with E-state index in [1.807, 2.05) is 0 Å². The number of carbonyl (C=O) groups excluding carboxylic acids is 1. The number of esters is 1. The lowest BCUT2D eigenvalue weighted by Crippen LogP contribution is -2.34. The minimum Gasteiger partial charge on any atom is -0.469 e. The fourth-order valence-corrected chi connectivity index (χ4v) is 4.11. The first-order valence-corrected chi connectivity index (χ1v) is 7.25. The zero-order chi connectivity index (χ0) is 13.3. The molecular weight excluding hydrogens is 246 g/mol. The van der Waals surface area contributed by atoms with Crippen LogP contribution in [0.3, 0.4) is 0 Å². The summed E-state index contributed by atoms with van der Waals surface area (Å²) in [4.78, 5) is 14.0. The largest absolute Gasteiger partial charge is 0.469 e. The van der Waals surface area contributed by atoms with Crippen molar-refractivity contribution in [2.24, 2.45) is 0 Å². The maximum Gasteiger partial charge on any atom is 0.310 e. The van der Waals surface area contributed by atoms with E-state index in [0.717, 1.165) is 12.8 Å². The molecule has 2 atom stereocenters. The molecular formula is C14H21NO2S. The molecule has 1 aliphatic rings. The van der Waals surface area contributed by atoms with Crippen LogP contribution in [0.4, 0.5) is 0 Å². The molecule has 0 spiro atoms. The molecule has 2 unspecified atom stereocenters. The Balaban J connectivity index is 2.29. The number of hydrogen-bond acceptors (Lipinski definition) is 4. The van der Waals surface area contributed by atoms with Crippen LogP contribution in [0.15, 0.2) is 0 Å². The van der Waals surface area contributed by atoms with Crippen molar-refractivity contribution in [1.29, 1.82) is 0 Å². The highest BCUT2D eigenvalue weighted by molar-refractivity contribution is 7.12. The number of fused-ring (bicyclic) bond motifs is 1. The molecule has 0 aromatic carbocycles. The third kappa shape index (κ3) is 2.75. The van der Waals surface area contributed by atoms with Gasteiger partial charge in [-0.1, -0.05) is 0 Å². The smallest absolute Gasteiger partial charge is 0.310 e. The summed E-state index contributed by atoms with van der Waals surface area (Å²) in [5, 5.41) is 3.59. The average Bonchev–Trinajstić information content (AvgIpc) is 2.49. The van der Waals surface area contributed by atoms with Gasteiger partial charge in [-0.25, -0.2) is 0 Å². The van der Waals surface area contributed by atoms with Crippen molar-refractivity contribution in [3.63, 3.8) is 0 Å². The Morgan fingerprint density at radius 1 is 1.39 bits per heavy atom. The van der Waals surface area contributed by atoms with Gasteiger partial charge in [-0.3, -0.25) is 4.79 Å². The van der Waals surface area contributed by atoms with E-state index in [1.54, 1.807) is 11.3 Å². The Labute approximate surface area is 113 Å². The average molecular weight is 267 g/mol. The van der Waals surface area contributed by atoms with Gasteiger partial charge in [0.25, 0.3) is 0 Å². The van der Waals surface area contributed by atoms with Gasteiger partial charge < -0.3 is 10.1 Å². The topological polar surface area (TPSA) is 38.3 Å². The first-order chi connectivity index (χ1) is 8.51. The van der Waals surface area contributed by atoms with Crippen LogP contribution in [0.5, 0.6) is 0 Å². The van der Waals surface area contributed by atoms with E-state index in [1.165, 1.54) is 28.0 Å². The SMILES string of the molecule is COC(=O)Cc1sc2c(c1C)CC(C)NC(C)C2. The lowest BCUT2D eigenvalue weighted by Gasteiger charge is -2.15. The number of rotatable bonds is 2. The molecule has 1 aromatic heterocycles. The van der Waals surface area contributed by atoms with Gasteiger partial charge in [-0.15, -0.1) is 11.3 Å². The number of methoxy groups -OCH3 is 1. The second-order valence-corrected chi connectivity index (χ2v) is 6.37. The second-order valence-electron chi connectivity index (χ2n) is 5.18. The van der Waals surface area contributed by atoms with Gasteiger partial charge in [-0.05, 0) is 44.7 Å². The molecule has 100 valence electrons. The second kappa shape index (κ2) is 5.41. The van der Waals surface area contributed by atoms with E-state index < -0.39 is 0 Å². The zero-order valence-corrected chi connectivity index (χ0v) is 12.3. The molecule has 1 N–H and O–H groups in total. The third-order valence-corrected chi connectivity index (χ3v) is 4.91. The van der Waals surface area contributed by atoms with E-state index in [9.17, 15) is 4.79 Å². The predicted molar refractivity (Wildman–Crippen MR) is 74.2 cm³/mol. The molecule has 18 heavy (non-hydrogen) atoms. The molecule has 2 heterocycles. The van der Waals surface area contributed by atoms with Gasteiger partial charge in [0.1, 0.15) is 0 Å². The van der Waals surface area contributed by atoms with Crippen LogP contribution in [0, 0.1) is 6.92 Å². The summed E-state index contributed by atoms with van der Waals surface area (Å²) in [5.41, 5.74) is 2.74. The van der Waals surface area contributed by atoms with Crippen LogP contribution in [0.1, 0.15) is 34.7 Å². The summed E-state index contributed by atoms with van der Waals surface area (Å²) in [5.74, 6) is -0.145. The van der Waals surface area contributed by atoms with Crippen LogP contribution in [0.25, 0.3) is 0 Å². The monoisotopic (exact) mass is 267 g/mol. The van der Waals surface area contributed by atoms with Crippen LogP contribution < -0.4 is 5.32 Å². The lowest BCUT2D eigenvalue weighted by molar-refractivity contribution is -0.139. The molecule has 1 aliphatic heterocycles. The number of thiophene rings is 1. The number of hydrogen-bond donors (Lipinski definition) is 1. The zero-order valence-electron chi connectivity index (χ0n) is 11.5. The maximum absolute atomic E-state index is 11.4. The molecule has 0 bridgehead atoms. The van der Waals surface area contributed by atoms with Gasteiger partial charge in [0, 0.05) is 21.8 Å². The Bertz CT molecular complexity index is 453. The molecule has 1 aromatic rings. The standard InChI is InChI=1S/C14H21NO2S/c1-8-5-11-10(3)12(7-14(16)17-4)18-13(11)6-9(2)15-8/h8-9,15H,5-7H2,1-4H3. The lowest BCUT2D eigenvalue weighted by atomic mass is 10.0. The molecule has 0 radical (unpaired) electrons. The van der Waals surface area contributed by atoms with Crippen LogP contribution >= 0.6 is 11.3 Å². The fourth-order valence-electron chi connectivity index (χ4n) is 2.66. The van der Waals surface area contributed by atoms with Crippen molar-refractivity contribution < 1.29 is 9.53 Å². The molecule has 0 amide bonds. The highest BCUT2D eigenvalue weighted by atomic mass is 32.1. The summed E-state index contributed by atoms with van der Waals surface area (Å²) in [6.07, 6.45) is 2.53. The Kier molecular flexibility index (Phi) is 4.07. The van der Waals surface area contributed by atoms with E-state index >= 15 is 0 Å². The van der Waals surface area contributed by atoms with Gasteiger partial charge in [0.15, 0.2) is 0 Å². The molecule has 4 heteroatoms. The van der Waals surface area contributed by atoms with Crippen molar-refractivity contribution in [2.45, 2.75) is 52.1 Å². The Morgan fingerprint density at radius 2 is 2.06 bits per heavy atom. The van der Waals surface area contributed by atoms with Crippen LogP contribution in [-0.4, -0.2) is 25.2 Å². The number of ether oxygens (including phenoxy) is 1. The molecule has 0 saturated heterocycles. The normalized spacial score (nSPS) is 23.3. The highest BCUT2D eigenvalue weighted by Gasteiger charge is 2.23. The third-order valence-electron chi connectivity index (χ3n) is 3.56. The predicted octanol–water partition coefficient (Wildman–Crippen LogP) is 2.24. The fraction of sp³-hybridized carbons (Fsp3) is 0.643. The van der Waals surface area contributed by atoms with Crippen molar-refractivity contribution in [2.75, 3.05) is 7.11 Å². The maximum atomic E-state index is 11.4. The summed E-state index contributed by atoms with van der Waals surface area (Å²) in [6.45, 7) is 6.58. The quantitative estimate of drug-likeness (QED) is 0.835. The molecule has 0 fully saturated rings. The summed E-state index contributed by atoms with van der Waals surface area (Å²) >= 11 is 1.78. The van der Waals surface area contributed by atoms with E-state index in [4.69, 9.17) is 4.74 Å². The minimum absolute atomic E-state index is 0.145. The molecule has 0 saturated carbocycles. The Hall–Kier alpha value is -0.870. The van der Waals surface area contributed by atoms with Gasteiger partial charge in [0.05, 0.1) is 13.5 Å². The number of nitrogens with one attached hydrogen (secondary N) is 1. The van der Waals surface area contributed by atoms with Crippen molar-refractivity contribution >= 4 is 17.3 Å². The van der Waals surface area contributed by atoms with E-state index in [0.29, 0.717) is 18.5 Å². The van der Waals surface area contributed by atoms with Crippen molar-refractivity contribution in [1.82, 2.24) is 5.32 Å². The van der Waals surface area contributed by atoms with Crippen LogP contribution in [-0.2, 0) is 28.8 Å². The minimum atomic E-state index is -0.145. The molecule has 3 nitrogen and oxygen atoms in total. The van der Waals surface area contributed by atoms with Gasteiger partial charge >= 0.3 is 5.97 Å². The molecule has 0 aliphatic carbocycles.